The number of carbonyl (C=O) groups excluding carboxylic acids is 1. The van der Waals surface area contributed by atoms with Crippen LogP contribution in [0.4, 0.5) is 10.7 Å². The van der Waals surface area contributed by atoms with Crippen molar-refractivity contribution in [2.75, 3.05) is 38.2 Å². The fourth-order valence-corrected chi connectivity index (χ4v) is 3.37. The van der Waals surface area contributed by atoms with E-state index in [4.69, 9.17) is 11.0 Å². The maximum Gasteiger partial charge on any atom is 0.256 e. The van der Waals surface area contributed by atoms with Gasteiger partial charge in [-0.05, 0) is 26.4 Å². The molecule has 0 aromatic carbocycles. The Kier molecular flexibility index (Phi) is 4.47. The van der Waals surface area contributed by atoms with Crippen molar-refractivity contribution in [3.63, 3.8) is 0 Å². The monoisotopic (exact) mass is 293 g/mol. The summed E-state index contributed by atoms with van der Waals surface area (Å²) in [7, 11) is 3.66. The molecule has 0 spiro atoms. The lowest BCUT2D eigenvalue weighted by atomic mass is 10.2. The summed E-state index contributed by atoms with van der Waals surface area (Å²) in [6.07, 6.45) is 2.34. The second kappa shape index (κ2) is 6.11. The van der Waals surface area contributed by atoms with Gasteiger partial charge in [0.15, 0.2) is 0 Å². The SMILES string of the molecule is CNC(=O)c1c(NCC2CCCN2C)sc(C#N)c1N. The van der Waals surface area contributed by atoms with E-state index in [-0.39, 0.29) is 11.6 Å². The van der Waals surface area contributed by atoms with E-state index in [9.17, 15) is 4.79 Å². The first-order chi connectivity index (χ1) is 9.58. The van der Waals surface area contributed by atoms with Crippen LogP contribution in [0.2, 0.25) is 0 Å². The molecule has 0 bridgehead atoms. The Balaban J connectivity index is 2.18. The van der Waals surface area contributed by atoms with E-state index in [2.05, 4.69) is 22.6 Å². The summed E-state index contributed by atoms with van der Waals surface area (Å²) < 4.78 is 0. The smallest absolute Gasteiger partial charge is 0.256 e. The molecule has 1 unspecified atom stereocenters. The zero-order valence-corrected chi connectivity index (χ0v) is 12.5. The molecule has 2 rings (SSSR count). The van der Waals surface area contributed by atoms with Crippen LogP contribution in [0.1, 0.15) is 28.1 Å². The number of nitrogens with one attached hydrogen (secondary N) is 2. The summed E-state index contributed by atoms with van der Waals surface area (Å²) in [6, 6.07) is 2.49. The lowest BCUT2D eigenvalue weighted by molar-refractivity contribution is 0.0965. The molecule has 4 N–H and O–H groups in total. The number of carbonyl (C=O) groups is 1. The van der Waals surface area contributed by atoms with Crippen LogP contribution in [0, 0.1) is 11.3 Å². The first-order valence-electron chi connectivity index (χ1n) is 6.57. The Morgan fingerprint density at radius 1 is 1.65 bits per heavy atom. The Bertz CT molecular complexity index is 548. The van der Waals surface area contributed by atoms with Gasteiger partial charge in [0, 0.05) is 19.6 Å². The number of amides is 1. The molecule has 1 aliphatic rings. The third-order valence-corrected chi connectivity index (χ3v) is 4.74. The molecular weight excluding hydrogens is 274 g/mol. The number of nitrogens with zero attached hydrogens (tertiary/aromatic N) is 2. The number of anilines is 2. The minimum Gasteiger partial charge on any atom is -0.396 e. The largest absolute Gasteiger partial charge is 0.396 e. The van der Waals surface area contributed by atoms with E-state index in [0.717, 1.165) is 19.5 Å². The van der Waals surface area contributed by atoms with Crippen LogP contribution >= 0.6 is 11.3 Å². The molecule has 1 saturated heterocycles. The van der Waals surface area contributed by atoms with Gasteiger partial charge >= 0.3 is 0 Å². The molecule has 108 valence electrons. The minimum atomic E-state index is -0.262. The van der Waals surface area contributed by atoms with Crippen LogP contribution in [0.25, 0.3) is 0 Å². The minimum absolute atomic E-state index is 0.262. The molecule has 20 heavy (non-hydrogen) atoms. The molecule has 7 heteroatoms. The third kappa shape index (κ3) is 2.71. The molecule has 1 amide bonds. The molecule has 0 aliphatic carbocycles. The number of likely N-dealkylation sites (tertiary alicyclic amines) is 1. The Labute approximate surface area is 122 Å². The quantitative estimate of drug-likeness (QED) is 0.772. The average Bonchev–Trinajstić information content (AvgIpc) is 2.99. The predicted molar refractivity (Wildman–Crippen MR) is 81.0 cm³/mol. The number of hydrogen-bond acceptors (Lipinski definition) is 6. The van der Waals surface area contributed by atoms with Crippen molar-refractivity contribution in [3.05, 3.63) is 10.4 Å². The number of hydrogen-bond donors (Lipinski definition) is 3. The molecule has 1 aromatic rings. The Hall–Kier alpha value is -1.78. The zero-order chi connectivity index (χ0) is 14.7. The van der Waals surface area contributed by atoms with Crippen molar-refractivity contribution in [1.29, 1.82) is 5.26 Å². The third-order valence-electron chi connectivity index (χ3n) is 3.67. The highest BCUT2D eigenvalue weighted by Gasteiger charge is 2.24. The van der Waals surface area contributed by atoms with Gasteiger partial charge < -0.3 is 21.3 Å². The maximum absolute atomic E-state index is 11.9. The van der Waals surface area contributed by atoms with Gasteiger partial charge in [-0.3, -0.25) is 4.79 Å². The zero-order valence-electron chi connectivity index (χ0n) is 11.7. The van der Waals surface area contributed by atoms with Crippen LogP contribution in [-0.2, 0) is 0 Å². The average molecular weight is 293 g/mol. The molecule has 1 aromatic heterocycles. The van der Waals surface area contributed by atoms with Gasteiger partial charge in [-0.1, -0.05) is 0 Å². The van der Waals surface area contributed by atoms with Gasteiger partial charge in [0.25, 0.3) is 5.91 Å². The van der Waals surface area contributed by atoms with Crippen LogP contribution < -0.4 is 16.4 Å². The molecule has 1 aliphatic heterocycles. The van der Waals surface area contributed by atoms with Gasteiger partial charge in [-0.2, -0.15) is 5.26 Å². The van der Waals surface area contributed by atoms with Gasteiger partial charge in [-0.15, -0.1) is 11.3 Å². The number of nitrogens with two attached hydrogens (primary N) is 1. The highest BCUT2D eigenvalue weighted by molar-refractivity contribution is 7.17. The standard InChI is InChI=1S/C13H19N5OS/c1-16-12(19)10-11(15)9(6-14)20-13(10)17-7-8-4-3-5-18(8)2/h8,17H,3-5,7,15H2,1-2H3,(H,16,19). The van der Waals surface area contributed by atoms with Gasteiger partial charge in [0.05, 0.1) is 11.3 Å². The van der Waals surface area contributed by atoms with Crippen LogP contribution in [0.3, 0.4) is 0 Å². The van der Waals surface area contributed by atoms with E-state index in [1.54, 1.807) is 7.05 Å². The van der Waals surface area contributed by atoms with Crippen LogP contribution in [0.5, 0.6) is 0 Å². The molecule has 6 nitrogen and oxygen atoms in total. The summed E-state index contributed by atoms with van der Waals surface area (Å²) in [5.41, 5.74) is 6.53. The van der Waals surface area contributed by atoms with E-state index in [1.165, 1.54) is 17.8 Å². The Morgan fingerprint density at radius 2 is 2.40 bits per heavy atom. The highest BCUT2D eigenvalue weighted by Crippen LogP contribution is 2.35. The van der Waals surface area contributed by atoms with E-state index < -0.39 is 0 Å². The van der Waals surface area contributed by atoms with Crippen molar-refractivity contribution in [2.24, 2.45) is 0 Å². The van der Waals surface area contributed by atoms with E-state index >= 15 is 0 Å². The normalized spacial score (nSPS) is 18.8. The summed E-state index contributed by atoms with van der Waals surface area (Å²) in [4.78, 5) is 14.6. The van der Waals surface area contributed by atoms with Crippen molar-refractivity contribution >= 4 is 27.9 Å². The molecular formula is C13H19N5OS. The fourth-order valence-electron chi connectivity index (χ4n) is 2.45. The summed E-state index contributed by atoms with van der Waals surface area (Å²) in [5.74, 6) is -0.262. The molecule has 2 heterocycles. The molecule has 1 fully saturated rings. The van der Waals surface area contributed by atoms with Crippen molar-refractivity contribution in [3.8, 4) is 6.07 Å². The van der Waals surface area contributed by atoms with E-state index in [0.29, 0.717) is 21.5 Å². The topological polar surface area (TPSA) is 94.2 Å². The highest BCUT2D eigenvalue weighted by atomic mass is 32.1. The van der Waals surface area contributed by atoms with Gasteiger partial charge in [-0.25, -0.2) is 0 Å². The number of likely N-dealkylation sites (N-methyl/N-ethyl adjacent to an activating group) is 1. The van der Waals surface area contributed by atoms with Gasteiger partial charge in [0.2, 0.25) is 0 Å². The lowest BCUT2D eigenvalue weighted by Crippen LogP contribution is -2.32. The van der Waals surface area contributed by atoms with Crippen LogP contribution in [-0.4, -0.2) is 44.0 Å². The predicted octanol–water partition coefficient (Wildman–Crippen LogP) is 1.07. The van der Waals surface area contributed by atoms with E-state index in [1.807, 2.05) is 6.07 Å². The second-order valence-electron chi connectivity index (χ2n) is 4.90. The summed E-state index contributed by atoms with van der Waals surface area (Å²) in [6.45, 7) is 1.86. The second-order valence-corrected chi connectivity index (χ2v) is 5.92. The molecule has 1 atom stereocenters. The summed E-state index contributed by atoms with van der Waals surface area (Å²) in [5, 5.41) is 15.6. The van der Waals surface area contributed by atoms with Gasteiger partial charge in [0.1, 0.15) is 15.9 Å². The van der Waals surface area contributed by atoms with Crippen molar-refractivity contribution in [2.45, 2.75) is 18.9 Å². The first-order valence-corrected chi connectivity index (χ1v) is 7.38. The maximum atomic E-state index is 11.9. The summed E-state index contributed by atoms with van der Waals surface area (Å²) >= 11 is 1.24. The Morgan fingerprint density at radius 3 is 2.95 bits per heavy atom. The number of nitrogen functional groups attached to an aromatic ring is 1. The number of rotatable bonds is 4. The number of thiophene rings is 1. The van der Waals surface area contributed by atoms with Crippen LogP contribution in [0.15, 0.2) is 0 Å². The first kappa shape index (κ1) is 14.6. The van der Waals surface area contributed by atoms with Crippen molar-refractivity contribution in [1.82, 2.24) is 10.2 Å². The lowest BCUT2D eigenvalue weighted by Gasteiger charge is -2.20. The number of nitriles is 1. The molecule has 0 saturated carbocycles. The van der Waals surface area contributed by atoms with Crippen molar-refractivity contribution < 1.29 is 4.79 Å². The molecule has 0 radical (unpaired) electrons. The fraction of sp³-hybridized carbons (Fsp3) is 0.538.